The van der Waals surface area contributed by atoms with Crippen LogP contribution in [-0.4, -0.2) is 28.2 Å². The van der Waals surface area contributed by atoms with Crippen molar-refractivity contribution in [2.75, 3.05) is 0 Å². The van der Waals surface area contributed by atoms with Crippen LogP contribution in [0.25, 0.3) is 22.8 Å². The Morgan fingerprint density at radius 1 is 1.13 bits per heavy atom. The maximum absolute atomic E-state index is 13.9. The van der Waals surface area contributed by atoms with Crippen molar-refractivity contribution in [3.63, 3.8) is 0 Å². The van der Waals surface area contributed by atoms with Gasteiger partial charge in [0.25, 0.3) is 11.8 Å². The number of amides is 2. The SMILES string of the molecule is CC(C)CC(C)OC(=O)NC(=O)c1cccc(-c2noc(-c3ccccc3F)n2)c1. The molecule has 1 heterocycles. The molecular formula is C22H22FN3O4. The Morgan fingerprint density at radius 2 is 1.90 bits per heavy atom. The molecule has 0 radical (unpaired) electrons. The zero-order valence-electron chi connectivity index (χ0n) is 16.9. The summed E-state index contributed by atoms with van der Waals surface area (Å²) in [6.07, 6.45) is -0.417. The second kappa shape index (κ2) is 9.30. The van der Waals surface area contributed by atoms with Crippen molar-refractivity contribution < 1.29 is 23.2 Å². The third-order valence-corrected chi connectivity index (χ3v) is 4.24. The third kappa shape index (κ3) is 5.28. The zero-order chi connectivity index (χ0) is 21.7. The normalized spacial score (nSPS) is 11.9. The van der Waals surface area contributed by atoms with Crippen LogP contribution < -0.4 is 5.32 Å². The van der Waals surface area contributed by atoms with Gasteiger partial charge in [-0.25, -0.2) is 9.18 Å². The molecule has 8 heteroatoms. The minimum absolute atomic E-state index is 0.0284. The molecule has 0 aliphatic heterocycles. The summed E-state index contributed by atoms with van der Waals surface area (Å²) in [6, 6.07) is 12.4. The number of aromatic nitrogens is 2. The van der Waals surface area contributed by atoms with Crippen LogP contribution in [-0.2, 0) is 4.74 Å². The smallest absolute Gasteiger partial charge is 0.414 e. The van der Waals surface area contributed by atoms with Crippen molar-refractivity contribution in [1.82, 2.24) is 15.5 Å². The van der Waals surface area contributed by atoms with E-state index in [2.05, 4.69) is 15.5 Å². The fourth-order valence-corrected chi connectivity index (χ4v) is 2.97. The summed E-state index contributed by atoms with van der Waals surface area (Å²) >= 11 is 0. The van der Waals surface area contributed by atoms with E-state index in [1.807, 2.05) is 13.8 Å². The molecule has 2 aromatic carbocycles. The minimum atomic E-state index is -0.806. The highest BCUT2D eigenvalue weighted by Gasteiger charge is 2.18. The average molecular weight is 411 g/mol. The predicted octanol–water partition coefficient (Wildman–Crippen LogP) is 4.84. The van der Waals surface area contributed by atoms with E-state index in [0.29, 0.717) is 17.9 Å². The molecule has 0 spiro atoms. The number of hydrogen-bond acceptors (Lipinski definition) is 6. The van der Waals surface area contributed by atoms with Crippen LogP contribution in [0, 0.1) is 11.7 Å². The van der Waals surface area contributed by atoms with E-state index >= 15 is 0 Å². The van der Waals surface area contributed by atoms with E-state index in [1.165, 1.54) is 18.2 Å². The molecule has 0 saturated heterocycles. The number of alkyl carbamates (subject to hydrolysis) is 1. The Kier molecular flexibility index (Phi) is 6.56. The Labute approximate surface area is 173 Å². The van der Waals surface area contributed by atoms with Crippen LogP contribution in [0.5, 0.6) is 0 Å². The topological polar surface area (TPSA) is 94.3 Å². The molecule has 0 bridgehead atoms. The zero-order valence-corrected chi connectivity index (χ0v) is 16.9. The van der Waals surface area contributed by atoms with E-state index in [-0.39, 0.29) is 28.9 Å². The number of benzene rings is 2. The molecule has 0 aliphatic carbocycles. The summed E-state index contributed by atoms with van der Waals surface area (Å²) in [5.41, 5.74) is 0.886. The molecule has 30 heavy (non-hydrogen) atoms. The first kappa shape index (κ1) is 21.2. The van der Waals surface area contributed by atoms with Gasteiger partial charge in [0.05, 0.1) is 5.56 Å². The van der Waals surface area contributed by atoms with Crippen LogP contribution in [0.1, 0.15) is 37.6 Å². The lowest BCUT2D eigenvalue weighted by Gasteiger charge is -2.15. The molecule has 2 amide bonds. The first-order valence-corrected chi connectivity index (χ1v) is 9.54. The van der Waals surface area contributed by atoms with Crippen molar-refractivity contribution in [2.45, 2.75) is 33.3 Å². The molecule has 7 nitrogen and oxygen atoms in total. The molecule has 0 aliphatic rings. The van der Waals surface area contributed by atoms with Crippen LogP contribution >= 0.6 is 0 Å². The Morgan fingerprint density at radius 3 is 2.63 bits per heavy atom. The highest BCUT2D eigenvalue weighted by Crippen LogP contribution is 2.24. The molecule has 3 aromatic rings. The van der Waals surface area contributed by atoms with Gasteiger partial charge in [-0.05, 0) is 43.5 Å². The van der Waals surface area contributed by atoms with E-state index in [4.69, 9.17) is 9.26 Å². The van der Waals surface area contributed by atoms with E-state index in [0.717, 1.165) is 0 Å². The lowest BCUT2D eigenvalue weighted by molar-refractivity contribution is 0.0813. The summed E-state index contributed by atoms with van der Waals surface area (Å²) in [7, 11) is 0. The highest BCUT2D eigenvalue weighted by atomic mass is 19.1. The Hall–Kier alpha value is -3.55. The monoisotopic (exact) mass is 411 g/mol. The van der Waals surface area contributed by atoms with Crippen LogP contribution in [0.15, 0.2) is 53.1 Å². The maximum atomic E-state index is 13.9. The van der Waals surface area contributed by atoms with Gasteiger partial charge in [0.15, 0.2) is 0 Å². The molecular weight excluding hydrogens is 389 g/mol. The average Bonchev–Trinajstić information content (AvgIpc) is 3.17. The van der Waals surface area contributed by atoms with Crippen molar-refractivity contribution in [3.8, 4) is 22.8 Å². The number of carbonyl (C=O) groups excluding carboxylic acids is 2. The second-order valence-corrected chi connectivity index (χ2v) is 7.28. The third-order valence-electron chi connectivity index (χ3n) is 4.24. The van der Waals surface area contributed by atoms with Crippen LogP contribution in [0.2, 0.25) is 0 Å². The summed E-state index contributed by atoms with van der Waals surface area (Å²) in [4.78, 5) is 28.5. The summed E-state index contributed by atoms with van der Waals surface area (Å²) < 4.78 is 24.3. The van der Waals surface area contributed by atoms with Gasteiger partial charge < -0.3 is 9.26 Å². The molecule has 0 saturated carbocycles. The number of rotatable bonds is 6. The van der Waals surface area contributed by atoms with E-state index < -0.39 is 17.8 Å². The largest absolute Gasteiger partial charge is 0.446 e. The van der Waals surface area contributed by atoms with Gasteiger partial charge >= 0.3 is 6.09 Å². The first-order chi connectivity index (χ1) is 14.3. The molecule has 1 atom stereocenters. The number of nitrogens with zero attached hydrogens (tertiary/aromatic N) is 2. The van der Waals surface area contributed by atoms with Crippen molar-refractivity contribution in [2.24, 2.45) is 5.92 Å². The fourth-order valence-electron chi connectivity index (χ4n) is 2.97. The van der Waals surface area contributed by atoms with E-state index in [9.17, 15) is 14.0 Å². The minimum Gasteiger partial charge on any atom is -0.446 e. The van der Waals surface area contributed by atoms with Gasteiger partial charge in [-0.1, -0.05) is 43.3 Å². The van der Waals surface area contributed by atoms with Gasteiger partial charge in [-0.2, -0.15) is 4.98 Å². The van der Waals surface area contributed by atoms with Gasteiger partial charge in [-0.15, -0.1) is 0 Å². The quantitative estimate of drug-likeness (QED) is 0.623. The summed E-state index contributed by atoms with van der Waals surface area (Å²) in [5.74, 6) is -0.511. The highest BCUT2D eigenvalue weighted by molar-refractivity contribution is 6.03. The Balaban J connectivity index is 1.71. The maximum Gasteiger partial charge on any atom is 0.414 e. The lowest BCUT2D eigenvalue weighted by Crippen LogP contribution is -2.33. The molecule has 156 valence electrons. The molecule has 1 aromatic heterocycles. The van der Waals surface area contributed by atoms with Gasteiger partial charge in [0.1, 0.15) is 11.9 Å². The predicted molar refractivity (Wildman–Crippen MR) is 108 cm³/mol. The number of hydrogen-bond donors (Lipinski definition) is 1. The number of imide groups is 1. The number of carbonyl (C=O) groups is 2. The summed E-state index contributed by atoms with van der Waals surface area (Å²) in [5, 5.41) is 6.06. The number of halogens is 1. The number of nitrogens with one attached hydrogen (secondary N) is 1. The fraction of sp³-hybridized carbons (Fsp3) is 0.273. The van der Waals surface area contributed by atoms with Crippen LogP contribution in [0.4, 0.5) is 9.18 Å². The standard InChI is InChI=1S/C22H22FN3O4/c1-13(2)11-14(3)29-22(28)25-20(27)16-8-6-7-15(12-16)19-24-21(30-26-19)17-9-4-5-10-18(17)23/h4-10,12-14H,11H2,1-3H3,(H,25,27,28). The number of ether oxygens (including phenoxy) is 1. The molecule has 1 N–H and O–H groups in total. The lowest BCUT2D eigenvalue weighted by atomic mass is 10.1. The van der Waals surface area contributed by atoms with Gasteiger partial charge in [-0.3, -0.25) is 10.1 Å². The van der Waals surface area contributed by atoms with Crippen molar-refractivity contribution in [3.05, 3.63) is 59.9 Å². The first-order valence-electron chi connectivity index (χ1n) is 9.54. The summed E-state index contributed by atoms with van der Waals surface area (Å²) in [6.45, 7) is 5.81. The molecule has 3 rings (SSSR count). The van der Waals surface area contributed by atoms with Crippen molar-refractivity contribution in [1.29, 1.82) is 0 Å². The van der Waals surface area contributed by atoms with Gasteiger partial charge in [0.2, 0.25) is 5.82 Å². The van der Waals surface area contributed by atoms with E-state index in [1.54, 1.807) is 37.3 Å². The van der Waals surface area contributed by atoms with Crippen molar-refractivity contribution >= 4 is 12.0 Å². The second-order valence-electron chi connectivity index (χ2n) is 7.28. The molecule has 1 unspecified atom stereocenters. The van der Waals surface area contributed by atoms with Gasteiger partial charge in [0, 0.05) is 11.1 Å². The van der Waals surface area contributed by atoms with Crippen LogP contribution in [0.3, 0.4) is 0 Å². The Bertz CT molecular complexity index is 1050. The molecule has 0 fully saturated rings.